The zero-order chi connectivity index (χ0) is 27.8. The fourth-order valence-corrected chi connectivity index (χ4v) is 5.09. The first kappa shape index (κ1) is 25.2. The Morgan fingerprint density at radius 1 is 0.683 bits per heavy atom. The molecule has 0 fully saturated rings. The average Bonchev–Trinajstić information content (AvgIpc) is 3.41. The van der Waals surface area contributed by atoms with Gasteiger partial charge >= 0.3 is 0 Å². The molecule has 0 radical (unpaired) electrons. The quantitative estimate of drug-likeness (QED) is 0.182. The maximum atomic E-state index is 10.8. The van der Waals surface area contributed by atoms with Crippen LogP contribution in [0.2, 0.25) is 0 Å². The zero-order valence-corrected chi connectivity index (χ0v) is 24.1. The van der Waals surface area contributed by atoms with Gasteiger partial charge in [-0.05, 0) is 47.5 Å². The molecule has 0 aliphatic carbocycles. The van der Waals surface area contributed by atoms with E-state index in [2.05, 4.69) is 29.2 Å². The second kappa shape index (κ2) is 11.4. The second-order valence-corrected chi connectivity index (χ2v) is 9.48. The molecule has 2 aromatic heterocycles. The summed E-state index contributed by atoms with van der Waals surface area (Å²) in [4.78, 5) is 9.71. The fraction of sp³-hybridized carbons (Fsp3) is 0. The molecular formula is C36H24N3OPt-. The third-order valence-electron chi connectivity index (χ3n) is 6.99. The van der Waals surface area contributed by atoms with E-state index < -0.39 is 0 Å². The summed E-state index contributed by atoms with van der Waals surface area (Å²) in [5, 5.41) is 10.8. The summed E-state index contributed by atoms with van der Waals surface area (Å²) in [6, 6.07) is 45.1. The van der Waals surface area contributed by atoms with Gasteiger partial charge in [-0.2, -0.15) is 0 Å². The third-order valence-corrected chi connectivity index (χ3v) is 6.99. The van der Waals surface area contributed by atoms with Crippen molar-refractivity contribution < 1.29 is 27.5 Å². The van der Waals surface area contributed by atoms with Gasteiger partial charge in [0.25, 0.3) is 0 Å². The molecule has 0 unspecified atom stereocenters. The van der Waals surface area contributed by atoms with E-state index in [-0.39, 0.29) is 32.9 Å². The number of hydrogen-bond donors (Lipinski definition) is 1. The van der Waals surface area contributed by atoms with Crippen LogP contribution in [0.3, 0.4) is 0 Å². The average molecular weight is 711 g/mol. The molecule has 41 heavy (non-hydrogen) atoms. The topological polar surface area (TPSA) is 50.9 Å². The van der Waals surface area contributed by atoms with E-state index in [4.69, 9.17) is 6.35 Å². The maximum Gasteiger partial charge on any atom is 0.148 e. The Hall–Kier alpha value is -4.79. The Morgan fingerprint density at radius 2 is 1.41 bits per heavy atom. The van der Waals surface area contributed by atoms with Crippen molar-refractivity contribution in [2.75, 3.05) is 0 Å². The Balaban J connectivity index is 0.00000316. The smallest absolute Gasteiger partial charge is 0.148 e. The Morgan fingerprint density at radius 3 is 2.22 bits per heavy atom. The van der Waals surface area contributed by atoms with Gasteiger partial charge in [-0.1, -0.05) is 90.0 Å². The number of phenolic OH excluding ortho intramolecular Hbond substituents is 1. The molecule has 0 aliphatic heterocycles. The van der Waals surface area contributed by atoms with E-state index in [0.717, 1.165) is 50.2 Å². The standard InChI is InChI=1S/C36H24N3O.Pt/c40-34-20-8-7-17-31(34)36-38-35-30(18-10-19-33(35)39(36)29-15-5-2-6-16-29)27-13-9-14-28(23-27)32-24-26(21-22-37-32)25-11-3-1-4-12-25;/h1-22,24,40H;/q-1;/i17D;. The van der Waals surface area contributed by atoms with Crippen molar-refractivity contribution in [2.24, 2.45) is 0 Å². The molecule has 0 saturated carbocycles. The molecule has 0 amide bonds. The predicted molar refractivity (Wildman–Crippen MR) is 161 cm³/mol. The van der Waals surface area contributed by atoms with E-state index in [1.54, 1.807) is 18.2 Å². The van der Waals surface area contributed by atoms with Gasteiger partial charge in [0.2, 0.25) is 0 Å². The summed E-state index contributed by atoms with van der Waals surface area (Å²) in [5.41, 5.74) is 8.64. The Labute approximate surface area is 254 Å². The summed E-state index contributed by atoms with van der Waals surface area (Å²) in [5.74, 6) is 0.527. The van der Waals surface area contributed by atoms with Crippen LogP contribution in [0, 0.1) is 6.07 Å². The minimum atomic E-state index is 0. The number of aromatic hydroxyl groups is 1. The van der Waals surface area contributed by atoms with E-state index in [1.807, 2.05) is 102 Å². The number of aromatic nitrogens is 3. The number of phenols is 1. The van der Waals surface area contributed by atoms with Crippen LogP contribution in [-0.4, -0.2) is 19.6 Å². The van der Waals surface area contributed by atoms with Gasteiger partial charge in [-0.15, -0.1) is 29.8 Å². The number of fused-ring (bicyclic) bond motifs is 1. The van der Waals surface area contributed by atoms with Crippen LogP contribution in [0.1, 0.15) is 1.37 Å². The van der Waals surface area contributed by atoms with Crippen LogP contribution in [0.5, 0.6) is 5.75 Å². The fourth-order valence-electron chi connectivity index (χ4n) is 5.09. The minimum absolute atomic E-state index is 0. The largest absolute Gasteiger partial charge is 0.507 e. The predicted octanol–water partition coefficient (Wildman–Crippen LogP) is 8.59. The van der Waals surface area contributed by atoms with Crippen molar-refractivity contribution in [1.82, 2.24) is 14.5 Å². The van der Waals surface area contributed by atoms with Crippen LogP contribution in [0.25, 0.3) is 61.6 Å². The van der Waals surface area contributed by atoms with Crippen molar-refractivity contribution in [3.63, 3.8) is 0 Å². The van der Waals surface area contributed by atoms with Crippen molar-refractivity contribution in [2.45, 2.75) is 0 Å². The molecule has 5 aromatic carbocycles. The van der Waals surface area contributed by atoms with Crippen molar-refractivity contribution in [3.8, 4) is 56.3 Å². The minimum Gasteiger partial charge on any atom is -0.507 e. The molecule has 0 spiro atoms. The molecule has 5 heteroatoms. The first-order valence-electron chi connectivity index (χ1n) is 13.6. The van der Waals surface area contributed by atoms with Crippen molar-refractivity contribution >= 4 is 11.0 Å². The SMILES string of the molecule is [2H]c1cccc(O)c1-c1nc2c(-c3[c-]c(-c4cc(-c5ccccc5)ccn4)ccc3)cccc2n1-c1ccccc1.[Pt]. The molecule has 1 N–H and O–H groups in total. The molecule has 0 aliphatic rings. The van der Waals surface area contributed by atoms with Crippen molar-refractivity contribution in [3.05, 3.63) is 146 Å². The van der Waals surface area contributed by atoms with Crippen LogP contribution >= 0.6 is 0 Å². The third kappa shape index (κ3) is 4.99. The van der Waals surface area contributed by atoms with E-state index in [9.17, 15) is 5.11 Å². The number of hydrogen-bond acceptors (Lipinski definition) is 3. The van der Waals surface area contributed by atoms with Gasteiger partial charge in [-0.25, -0.2) is 4.98 Å². The zero-order valence-electron chi connectivity index (χ0n) is 22.8. The molecule has 0 atom stereocenters. The van der Waals surface area contributed by atoms with Gasteiger partial charge in [-0.3, -0.25) is 9.55 Å². The first-order valence-corrected chi connectivity index (χ1v) is 13.1. The molecule has 0 saturated heterocycles. The molecule has 7 rings (SSSR count). The van der Waals surface area contributed by atoms with Gasteiger partial charge in [0.15, 0.2) is 0 Å². The van der Waals surface area contributed by atoms with Crippen LogP contribution in [0.4, 0.5) is 0 Å². The van der Waals surface area contributed by atoms with Gasteiger partial charge < -0.3 is 5.11 Å². The number of nitrogens with zero attached hydrogens (tertiary/aromatic N) is 3. The summed E-state index contributed by atoms with van der Waals surface area (Å²) in [6.45, 7) is 0. The van der Waals surface area contributed by atoms with E-state index in [0.29, 0.717) is 11.4 Å². The second-order valence-electron chi connectivity index (χ2n) is 9.48. The molecular weight excluding hydrogens is 685 g/mol. The summed E-state index contributed by atoms with van der Waals surface area (Å²) in [7, 11) is 0. The maximum absolute atomic E-state index is 10.8. The van der Waals surface area contributed by atoms with Crippen LogP contribution in [0.15, 0.2) is 140 Å². The number of pyridine rings is 1. The number of rotatable bonds is 5. The molecule has 7 aromatic rings. The summed E-state index contributed by atoms with van der Waals surface area (Å²) in [6.07, 6.45) is 1.83. The van der Waals surface area contributed by atoms with Gasteiger partial charge in [0.1, 0.15) is 11.6 Å². The van der Waals surface area contributed by atoms with Gasteiger partial charge in [0, 0.05) is 38.6 Å². The molecule has 200 valence electrons. The molecule has 2 heterocycles. The summed E-state index contributed by atoms with van der Waals surface area (Å²) < 4.78 is 10.6. The summed E-state index contributed by atoms with van der Waals surface area (Å²) >= 11 is 0. The van der Waals surface area contributed by atoms with E-state index in [1.165, 1.54) is 0 Å². The molecule has 0 bridgehead atoms. The Bertz CT molecular complexity index is 2000. The number of para-hydroxylation sites is 3. The first-order chi connectivity index (χ1) is 20.2. The van der Waals surface area contributed by atoms with Crippen molar-refractivity contribution in [1.29, 1.82) is 0 Å². The Kier molecular flexibility index (Phi) is 6.98. The molecule has 4 nitrogen and oxygen atoms in total. The van der Waals surface area contributed by atoms with Crippen LogP contribution in [-0.2, 0) is 21.1 Å². The van der Waals surface area contributed by atoms with E-state index >= 15 is 0 Å². The van der Waals surface area contributed by atoms with Crippen LogP contribution < -0.4 is 0 Å². The normalized spacial score (nSPS) is 11.2. The number of benzene rings is 5. The number of imidazole rings is 1. The monoisotopic (exact) mass is 710 g/mol. The van der Waals surface area contributed by atoms with Gasteiger partial charge in [0.05, 0.1) is 18.0 Å².